The highest BCUT2D eigenvalue weighted by Gasteiger charge is 2.21. The molecule has 3 rings (SSSR count). The minimum absolute atomic E-state index is 0.208. The zero-order valence-electron chi connectivity index (χ0n) is 13.6. The average Bonchev–Trinajstić information content (AvgIpc) is 2.65. The lowest BCUT2D eigenvalue weighted by atomic mass is 10.1. The Bertz CT molecular complexity index is 926. The molecule has 0 spiro atoms. The Labute approximate surface area is 144 Å². The summed E-state index contributed by atoms with van der Waals surface area (Å²) in [6.45, 7) is 0. The molecule has 126 valence electrons. The summed E-state index contributed by atoms with van der Waals surface area (Å²) in [7, 11) is 1.59. The van der Waals surface area contributed by atoms with Crippen LogP contribution in [0, 0.1) is 0 Å². The van der Waals surface area contributed by atoms with Crippen molar-refractivity contribution in [2.75, 3.05) is 7.11 Å². The average molecular weight is 335 g/mol. The summed E-state index contributed by atoms with van der Waals surface area (Å²) in [5, 5.41) is 3.49. The zero-order valence-corrected chi connectivity index (χ0v) is 13.6. The predicted octanol–water partition coefficient (Wildman–Crippen LogP) is 2.20. The minimum atomic E-state index is -0.915. The van der Waals surface area contributed by atoms with Gasteiger partial charge in [0.25, 0.3) is 5.91 Å². The van der Waals surface area contributed by atoms with Crippen LogP contribution in [0.1, 0.15) is 22.1 Å². The number of methoxy groups -OCH3 is 1. The number of nitrogens with one attached hydrogen (secondary N) is 1. The molecule has 1 aromatic heterocycles. The Kier molecular flexibility index (Phi) is 4.61. The van der Waals surface area contributed by atoms with Gasteiger partial charge in [-0.3, -0.25) is 9.59 Å². The van der Waals surface area contributed by atoms with Crippen LogP contribution in [-0.4, -0.2) is 23.9 Å². The van der Waals surface area contributed by atoms with Crippen LogP contribution in [0.3, 0.4) is 0 Å². The third kappa shape index (κ3) is 3.58. The second kappa shape index (κ2) is 7.00. The van der Waals surface area contributed by atoms with E-state index in [1.807, 2.05) is 12.1 Å². The molecule has 0 radical (unpaired) electrons. The van der Waals surface area contributed by atoms with Crippen molar-refractivity contribution in [3.63, 3.8) is 0 Å². The topological polar surface area (TPSA) is 94.3 Å². The van der Waals surface area contributed by atoms with E-state index in [0.717, 1.165) is 5.39 Å². The van der Waals surface area contributed by atoms with Gasteiger partial charge in [0.2, 0.25) is 5.91 Å². The first kappa shape index (κ1) is 16.4. The number of amides is 2. The first-order valence-corrected chi connectivity index (χ1v) is 7.68. The maximum absolute atomic E-state index is 12.5. The van der Waals surface area contributed by atoms with Crippen molar-refractivity contribution in [3.8, 4) is 5.75 Å². The van der Waals surface area contributed by atoms with E-state index < -0.39 is 17.9 Å². The van der Waals surface area contributed by atoms with E-state index in [-0.39, 0.29) is 5.69 Å². The molecule has 6 nitrogen and oxygen atoms in total. The summed E-state index contributed by atoms with van der Waals surface area (Å²) in [6, 6.07) is 16.7. The molecule has 0 aliphatic carbocycles. The van der Waals surface area contributed by atoms with Crippen LogP contribution < -0.4 is 15.8 Å². The van der Waals surface area contributed by atoms with Gasteiger partial charge < -0.3 is 15.8 Å². The Hall–Kier alpha value is -3.41. The van der Waals surface area contributed by atoms with Crippen molar-refractivity contribution in [1.82, 2.24) is 10.3 Å². The van der Waals surface area contributed by atoms with Crippen molar-refractivity contribution in [2.45, 2.75) is 6.04 Å². The number of nitrogens with zero attached hydrogens (tertiary/aromatic N) is 1. The van der Waals surface area contributed by atoms with Crippen molar-refractivity contribution >= 4 is 22.7 Å². The molecule has 2 amide bonds. The quantitative estimate of drug-likeness (QED) is 0.747. The third-order valence-electron chi connectivity index (χ3n) is 3.82. The van der Waals surface area contributed by atoms with Gasteiger partial charge in [-0.1, -0.05) is 36.4 Å². The Morgan fingerprint density at radius 2 is 1.84 bits per heavy atom. The molecular weight excluding hydrogens is 318 g/mol. The molecule has 0 saturated carbocycles. The second-order valence-electron chi connectivity index (χ2n) is 5.47. The number of hydrogen-bond acceptors (Lipinski definition) is 4. The number of aromatic nitrogens is 1. The summed E-state index contributed by atoms with van der Waals surface area (Å²) in [4.78, 5) is 28.6. The van der Waals surface area contributed by atoms with Crippen LogP contribution in [0.2, 0.25) is 0 Å². The maximum Gasteiger partial charge on any atom is 0.270 e. The van der Waals surface area contributed by atoms with Crippen molar-refractivity contribution in [3.05, 3.63) is 71.9 Å². The van der Waals surface area contributed by atoms with Gasteiger partial charge in [0.05, 0.1) is 12.6 Å². The molecule has 25 heavy (non-hydrogen) atoms. The number of fused-ring (bicyclic) bond motifs is 1. The Morgan fingerprint density at radius 3 is 2.52 bits per heavy atom. The van der Waals surface area contributed by atoms with Crippen molar-refractivity contribution in [2.24, 2.45) is 5.73 Å². The van der Waals surface area contributed by atoms with E-state index >= 15 is 0 Å². The molecule has 3 N–H and O–H groups in total. The van der Waals surface area contributed by atoms with Gasteiger partial charge in [-0.25, -0.2) is 4.98 Å². The van der Waals surface area contributed by atoms with Gasteiger partial charge in [-0.2, -0.15) is 0 Å². The molecule has 6 heteroatoms. The van der Waals surface area contributed by atoms with Crippen LogP contribution in [0.25, 0.3) is 10.9 Å². The number of pyridine rings is 1. The van der Waals surface area contributed by atoms with E-state index in [4.69, 9.17) is 10.5 Å². The monoisotopic (exact) mass is 335 g/mol. The highest BCUT2D eigenvalue weighted by Crippen LogP contribution is 2.20. The van der Waals surface area contributed by atoms with Gasteiger partial charge in [0, 0.05) is 5.39 Å². The SMILES string of the molecule is COc1ccc2nc(C(=O)N[C@@H](C(N)=O)c3ccccc3)ccc2c1. The summed E-state index contributed by atoms with van der Waals surface area (Å²) >= 11 is 0. The Balaban J connectivity index is 1.87. The van der Waals surface area contributed by atoms with Gasteiger partial charge >= 0.3 is 0 Å². The van der Waals surface area contributed by atoms with Crippen LogP contribution in [0.5, 0.6) is 5.75 Å². The predicted molar refractivity (Wildman–Crippen MR) is 94.1 cm³/mol. The van der Waals surface area contributed by atoms with Crippen molar-refractivity contribution in [1.29, 1.82) is 0 Å². The number of carbonyl (C=O) groups is 2. The molecule has 0 bridgehead atoms. The molecule has 0 fully saturated rings. The van der Waals surface area contributed by atoms with E-state index in [1.165, 1.54) is 0 Å². The highest BCUT2D eigenvalue weighted by molar-refractivity contribution is 5.98. The fourth-order valence-electron chi connectivity index (χ4n) is 2.53. The smallest absolute Gasteiger partial charge is 0.270 e. The molecular formula is C19H17N3O3. The molecule has 1 heterocycles. The fourth-order valence-corrected chi connectivity index (χ4v) is 2.53. The lowest BCUT2D eigenvalue weighted by molar-refractivity contribution is -0.120. The molecule has 1 atom stereocenters. The molecule has 0 unspecified atom stereocenters. The number of carbonyl (C=O) groups excluding carboxylic acids is 2. The number of rotatable bonds is 5. The summed E-state index contributed by atoms with van der Waals surface area (Å²) in [5.41, 5.74) is 6.91. The normalized spacial score (nSPS) is 11.7. The van der Waals surface area contributed by atoms with Gasteiger partial charge in [-0.05, 0) is 29.8 Å². The molecule has 2 aromatic carbocycles. The van der Waals surface area contributed by atoms with Crippen LogP contribution in [0.4, 0.5) is 0 Å². The number of ether oxygens (including phenoxy) is 1. The highest BCUT2D eigenvalue weighted by atomic mass is 16.5. The third-order valence-corrected chi connectivity index (χ3v) is 3.82. The van der Waals surface area contributed by atoms with Crippen molar-refractivity contribution < 1.29 is 14.3 Å². The summed E-state index contributed by atoms with van der Waals surface area (Å²) in [5.74, 6) is -0.389. The van der Waals surface area contributed by atoms with Crippen LogP contribution >= 0.6 is 0 Å². The lowest BCUT2D eigenvalue weighted by Gasteiger charge is -2.15. The molecule has 3 aromatic rings. The summed E-state index contributed by atoms with van der Waals surface area (Å²) < 4.78 is 5.17. The van der Waals surface area contributed by atoms with Gasteiger partial charge in [0.15, 0.2) is 0 Å². The van der Waals surface area contributed by atoms with Gasteiger partial charge in [0.1, 0.15) is 17.5 Å². The van der Waals surface area contributed by atoms with Crippen LogP contribution in [-0.2, 0) is 4.79 Å². The summed E-state index contributed by atoms with van der Waals surface area (Å²) in [6.07, 6.45) is 0. The number of benzene rings is 2. The standard InChI is InChI=1S/C19H17N3O3/c1-25-14-8-10-15-13(11-14)7-9-16(21-15)19(24)22-17(18(20)23)12-5-3-2-4-6-12/h2-11,17H,1H3,(H2,20,23)(H,22,24)/t17-/m1/s1. The first-order chi connectivity index (χ1) is 12.1. The Morgan fingerprint density at radius 1 is 1.08 bits per heavy atom. The van der Waals surface area contributed by atoms with E-state index in [0.29, 0.717) is 16.8 Å². The molecule has 0 aliphatic rings. The molecule has 0 saturated heterocycles. The van der Waals surface area contributed by atoms with E-state index in [1.54, 1.807) is 55.6 Å². The number of hydrogen-bond donors (Lipinski definition) is 2. The maximum atomic E-state index is 12.5. The largest absolute Gasteiger partial charge is 0.497 e. The molecule has 0 aliphatic heterocycles. The van der Waals surface area contributed by atoms with E-state index in [9.17, 15) is 9.59 Å². The number of primary amides is 1. The second-order valence-corrected chi connectivity index (χ2v) is 5.47. The zero-order chi connectivity index (χ0) is 17.8. The van der Waals surface area contributed by atoms with E-state index in [2.05, 4.69) is 10.3 Å². The van der Waals surface area contributed by atoms with Gasteiger partial charge in [-0.15, -0.1) is 0 Å². The first-order valence-electron chi connectivity index (χ1n) is 7.68. The fraction of sp³-hybridized carbons (Fsp3) is 0.105. The number of nitrogens with two attached hydrogens (primary N) is 1. The minimum Gasteiger partial charge on any atom is -0.497 e. The lowest BCUT2D eigenvalue weighted by Crippen LogP contribution is -2.37. The van der Waals surface area contributed by atoms with Crippen LogP contribution in [0.15, 0.2) is 60.7 Å².